The summed E-state index contributed by atoms with van der Waals surface area (Å²) in [6, 6.07) is 6.56. The van der Waals surface area contributed by atoms with Crippen molar-refractivity contribution in [2.24, 2.45) is 5.92 Å². The fourth-order valence-corrected chi connectivity index (χ4v) is 5.31. The number of rotatable bonds is 5. The van der Waals surface area contributed by atoms with Gasteiger partial charge in [-0.05, 0) is 61.5 Å². The van der Waals surface area contributed by atoms with Crippen LogP contribution in [0.25, 0.3) is 10.4 Å². The molecule has 0 spiro atoms. The van der Waals surface area contributed by atoms with Gasteiger partial charge in [0.1, 0.15) is 11.9 Å². The Morgan fingerprint density at radius 1 is 1.31 bits per heavy atom. The molecule has 5 nitrogen and oxygen atoms in total. The van der Waals surface area contributed by atoms with Crippen LogP contribution in [0.2, 0.25) is 0 Å². The van der Waals surface area contributed by atoms with Gasteiger partial charge in [-0.15, -0.1) is 11.3 Å². The Labute approximate surface area is 174 Å². The molecule has 2 N–H and O–H groups in total. The molecular weight excluding hydrogens is 391 g/mol. The number of hydrogen-bond donors (Lipinski definition) is 2. The molecule has 2 aliphatic rings. The third kappa shape index (κ3) is 4.32. The lowest BCUT2D eigenvalue weighted by atomic mass is 9.96. The highest BCUT2D eigenvalue weighted by atomic mass is 32.1. The van der Waals surface area contributed by atoms with Gasteiger partial charge in [-0.2, -0.15) is 0 Å². The maximum atomic E-state index is 13.9. The highest BCUT2D eigenvalue weighted by Crippen LogP contribution is 2.42. The first-order chi connectivity index (χ1) is 14.0. The number of carbonyl (C=O) groups is 1. The molecule has 0 bridgehead atoms. The second kappa shape index (κ2) is 8.42. The number of likely N-dealkylation sites (N-methyl/N-ethyl adjacent to an activating group) is 1. The minimum atomic E-state index is -0.502. The van der Waals surface area contributed by atoms with Gasteiger partial charge in [0.25, 0.3) is 0 Å². The predicted molar refractivity (Wildman–Crippen MR) is 113 cm³/mol. The molecule has 1 saturated carbocycles. The van der Waals surface area contributed by atoms with Crippen molar-refractivity contribution in [1.29, 1.82) is 0 Å². The van der Waals surface area contributed by atoms with E-state index < -0.39 is 6.09 Å². The molecule has 5 atom stereocenters. The van der Waals surface area contributed by atoms with Gasteiger partial charge in [-0.3, -0.25) is 5.32 Å². The van der Waals surface area contributed by atoms with Gasteiger partial charge >= 0.3 is 6.09 Å². The van der Waals surface area contributed by atoms with Crippen LogP contribution in [-0.4, -0.2) is 37.5 Å². The van der Waals surface area contributed by atoms with E-state index in [9.17, 15) is 9.18 Å². The van der Waals surface area contributed by atoms with Crippen molar-refractivity contribution in [3.63, 3.8) is 0 Å². The molecule has 2 aromatic rings. The van der Waals surface area contributed by atoms with E-state index in [1.165, 1.54) is 23.5 Å². The molecule has 29 heavy (non-hydrogen) atoms. The summed E-state index contributed by atoms with van der Waals surface area (Å²) in [5.41, 5.74) is 2.27. The van der Waals surface area contributed by atoms with Crippen molar-refractivity contribution < 1.29 is 18.7 Å². The van der Waals surface area contributed by atoms with E-state index in [4.69, 9.17) is 9.47 Å². The molecule has 2 fully saturated rings. The molecule has 1 aliphatic carbocycles. The topological polar surface area (TPSA) is 62.9 Å². The second-order valence-electron chi connectivity index (χ2n) is 7.88. The van der Waals surface area contributed by atoms with Crippen LogP contribution in [0, 0.1) is 18.7 Å². The highest BCUT2D eigenvalue weighted by Gasteiger charge is 2.52. The number of carbonyl (C=O) groups excluding carboxylic acids is 1. The van der Waals surface area contributed by atoms with Gasteiger partial charge in [0.15, 0.2) is 0 Å². The minimum absolute atomic E-state index is 0.179. The van der Waals surface area contributed by atoms with Gasteiger partial charge < -0.3 is 14.8 Å². The monoisotopic (exact) mass is 418 g/mol. The first kappa shape index (κ1) is 20.3. The van der Waals surface area contributed by atoms with Crippen molar-refractivity contribution in [3.05, 3.63) is 41.0 Å². The van der Waals surface area contributed by atoms with Crippen LogP contribution in [-0.2, 0) is 9.47 Å². The van der Waals surface area contributed by atoms with Crippen LogP contribution in [0.1, 0.15) is 31.7 Å². The predicted octanol–water partition coefficient (Wildman–Crippen LogP) is 4.96. The van der Waals surface area contributed by atoms with E-state index in [0.29, 0.717) is 17.2 Å². The fourth-order valence-electron chi connectivity index (χ4n) is 4.35. The number of benzene rings is 1. The van der Waals surface area contributed by atoms with E-state index in [-0.39, 0.29) is 30.2 Å². The van der Waals surface area contributed by atoms with Gasteiger partial charge in [0, 0.05) is 22.9 Å². The Bertz CT molecular complexity index is 869. The zero-order chi connectivity index (χ0) is 20.5. The van der Waals surface area contributed by atoms with Gasteiger partial charge in [0.2, 0.25) is 0 Å². The Morgan fingerprint density at radius 2 is 2.14 bits per heavy atom. The molecule has 1 amide bonds. The van der Waals surface area contributed by atoms with E-state index in [1.54, 1.807) is 6.07 Å². The molecule has 0 unspecified atom stereocenters. The molecular formula is C22H27FN2O3S. The summed E-state index contributed by atoms with van der Waals surface area (Å²) in [4.78, 5) is 13.6. The summed E-state index contributed by atoms with van der Waals surface area (Å²) in [6.07, 6.45) is 2.32. The maximum absolute atomic E-state index is 13.9. The number of aryl methyl sites for hydroxylation is 1. The first-order valence-corrected chi connectivity index (χ1v) is 11.0. The number of epoxide rings is 1. The molecule has 1 aromatic heterocycles. The average molecular weight is 419 g/mol. The van der Waals surface area contributed by atoms with Crippen LogP contribution in [0.15, 0.2) is 29.6 Å². The number of hydrogen-bond acceptors (Lipinski definition) is 5. The summed E-state index contributed by atoms with van der Waals surface area (Å²) in [6.45, 7) is 4.12. The lowest BCUT2D eigenvalue weighted by molar-refractivity contribution is 0.0742. The van der Waals surface area contributed by atoms with Crippen molar-refractivity contribution in [2.75, 3.05) is 12.4 Å². The lowest BCUT2D eigenvalue weighted by Gasteiger charge is -2.23. The van der Waals surface area contributed by atoms with E-state index in [0.717, 1.165) is 29.7 Å². The smallest absolute Gasteiger partial charge is 0.411 e. The van der Waals surface area contributed by atoms with E-state index in [2.05, 4.69) is 17.6 Å². The third-order valence-electron chi connectivity index (χ3n) is 6.00. The Balaban J connectivity index is 1.48. The SMILES string of the molecule is CC[C@H]1C[C@H](OC(=O)Nc2ccc(F)cc2-c2sccc2C)C[C@@H](NC)[C@H]2O[C@@H]12. The number of thiophene rings is 1. The van der Waals surface area contributed by atoms with Gasteiger partial charge in [-0.1, -0.05) is 13.3 Å². The Morgan fingerprint density at radius 3 is 2.83 bits per heavy atom. The normalized spacial score (nSPS) is 28.3. The number of anilines is 1. The number of amides is 1. The average Bonchev–Trinajstić information content (AvgIpc) is 3.39. The zero-order valence-electron chi connectivity index (χ0n) is 16.9. The van der Waals surface area contributed by atoms with Gasteiger partial charge in [0.05, 0.1) is 17.9 Å². The lowest BCUT2D eigenvalue weighted by Crippen LogP contribution is -2.35. The summed E-state index contributed by atoms with van der Waals surface area (Å²) in [5.74, 6) is 0.0589. The summed E-state index contributed by atoms with van der Waals surface area (Å²) < 4.78 is 25.5. The Kier molecular flexibility index (Phi) is 5.90. The molecule has 7 heteroatoms. The first-order valence-electron chi connectivity index (χ1n) is 10.1. The second-order valence-corrected chi connectivity index (χ2v) is 8.79. The maximum Gasteiger partial charge on any atom is 0.411 e. The van der Waals surface area contributed by atoms with Crippen LogP contribution in [0.5, 0.6) is 0 Å². The third-order valence-corrected chi connectivity index (χ3v) is 7.05. The van der Waals surface area contributed by atoms with Crippen LogP contribution in [0.3, 0.4) is 0 Å². The molecule has 1 saturated heterocycles. The summed E-state index contributed by atoms with van der Waals surface area (Å²) in [7, 11) is 1.92. The molecule has 2 heterocycles. The van der Waals surface area contributed by atoms with E-state index >= 15 is 0 Å². The minimum Gasteiger partial charge on any atom is -0.446 e. The van der Waals surface area contributed by atoms with Crippen molar-refractivity contribution >= 4 is 23.1 Å². The fraction of sp³-hybridized carbons (Fsp3) is 0.500. The molecule has 156 valence electrons. The number of ether oxygens (including phenoxy) is 2. The van der Waals surface area contributed by atoms with Crippen LogP contribution < -0.4 is 10.6 Å². The Hall–Kier alpha value is -1.96. The molecule has 4 rings (SSSR count). The number of nitrogens with one attached hydrogen (secondary N) is 2. The zero-order valence-corrected chi connectivity index (χ0v) is 17.7. The molecule has 0 radical (unpaired) electrons. The van der Waals surface area contributed by atoms with Crippen LogP contribution >= 0.6 is 11.3 Å². The summed E-state index contributed by atoms with van der Waals surface area (Å²) in [5, 5.41) is 8.09. The largest absolute Gasteiger partial charge is 0.446 e. The van der Waals surface area contributed by atoms with Crippen molar-refractivity contribution in [2.45, 2.75) is 57.5 Å². The molecule has 1 aliphatic heterocycles. The van der Waals surface area contributed by atoms with Crippen LogP contribution in [0.4, 0.5) is 14.9 Å². The van der Waals surface area contributed by atoms with Crippen molar-refractivity contribution in [1.82, 2.24) is 5.32 Å². The summed E-state index contributed by atoms with van der Waals surface area (Å²) >= 11 is 1.52. The quantitative estimate of drug-likeness (QED) is 0.674. The van der Waals surface area contributed by atoms with Crippen molar-refractivity contribution in [3.8, 4) is 10.4 Å². The standard InChI is InChI=1S/C22H27FN2O3S/c1-4-13-9-15(11-18(24-3)20-19(13)28-20)27-22(26)25-17-6-5-14(23)10-16(17)21-12(2)7-8-29-21/h5-8,10,13,15,18-20,24H,4,9,11H2,1-3H3,(H,25,26)/t13-,15-,18+,19-,20+/m0/s1. The van der Waals surface area contributed by atoms with E-state index in [1.807, 2.05) is 25.4 Å². The number of halogens is 1. The highest BCUT2D eigenvalue weighted by molar-refractivity contribution is 7.13. The van der Waals surface area contributed by atoms with Gasteiger partial charge in [-0.25, -0.2) is 9.18 Å². The molecule has 1 aromatic carbocycles. The number of fused-ring (bicyclic) bond motifs is 1.